The third kappa shape index (κ3) is 18.1. The van der Waals surface area contributed by atoms with Gasteiger partial charge in [-0.15, -0.1) is 13.2 Å². The highest BCUT2D eigenvalue weighted by Crippen LogP contribution is 2.32. The first-order chi connectivity index (χ1) is 24.7. The van der Waals surface area contributed by atoms with Crippen LogP contribution < -0.4 is 16.0 Å². The molecule has 10 nitrogen and oxygen atoms in total. The zero-order valence-corrected chi connectivity index (χ0v) is 33.6. The van der Waals surface area contributed by atoms with Crippen LogP contribution in [0.1, 0.15) is 137 Å². The first-order valence-corrected chi connectivity index (χ1v) is 19.3. The van der Waals surface area contributed by atoms with Crippen LogP contribution in [0, 0.1) is 11.3 Å². The van der Waals surface area contributed by atoms with Crippen LogP contribution in [-0.4, -0.2) is 47.6 Å². The molecule has 1 heterocycles. The number of aromatic nitrogens is 2. The molecule has 2 atom stereocenters. The fourth-order valence-electron chi connectivity index (χ4n) is 5.76. The van der Waals surface area contributed by atoms with Crippen molar-refractivity contribution in [2.75, 3.05) is 30.9 Å². The molecule has 0 saturated carbocycles. The van der Waals surface area contributed by atoms with Crippen LogP contribution >= 0.6 is 0 Å². The van der Waals surface area contributed by atoms with E-state index in [1.807, 2.05) is 55.8 Å². The van der Waals surface area contributed by atoms with Crippen LogP contribution in [0.25, 0.3) is 11.3 Å². The lowest BCUT2D eigenvalue weighted by molar-refractivity contribution is 0.0487. The summed E-state index contributed by atoms with van der Waals surface area (Å²) in [6.07, 6.45) is 18.4. The molecule has 0 bridgehead atoms. The minimum atomic E-state index is -0.651. The fraction of sp³-hybridized carbons (Fsp3) is 0.643. The van der Waals surface area contributed by atoms with E-state index in [0.717, 1.165) is 30.5 Å². The normalized spacial score (nSPS) is 12.8. The quantitative estimate of drug-likeness (QED) is 0.0729. The number of anilines is 2. The van der Waals surface area contributed by atoms with E-state index in [0.29, 0.717) is 48.1 Å². The SMILES string of the molecule is C=CC[C@H](NC(=O)OC(C)(C)C)c1nc(-c2ccc(NC(=O)OC)cc2NCCC(C)C=C)cn1COCCCCCCCCCCCC(C)(C)C. The minimum absolute atomic E-state index is 0.280. The summed E-state index contributed by atoms with van der Waals surface area (Å²) in [6, 6.07) is 5.10. The van der Waals surface area contributed by atoms with Crippen molar-refractivity contribution in [2.24, 2.45) is 11.3 Å². The Morgan fingerprint density at radius 1 is 0.942 bits per heavy atom. The number of allylic oxidation sites excluding steroid dienone is 1. The number of carbonyl (C=O) groups is 2. The summed E-state index contributed by atoms with van der Waals surface area (Å²) in [5, 5.41) is 9.27. The van der Waals surface area contributed by atoms with Gasteiger partial charge in [-0.1, -0.05) is 91.2 Å². The number of imidazole rings is 1. The highest BCUT2D eigenvalue weighted by atomic mass is 16.6. The number of benzene rings is 1. The lowest BCUT2D eigenvalue weighted by Crippen LogP contribution is -2.36. The summed E-state index contributed by atoms with van der Waals surface area (Å²) in [4.78, 5) is 30.0. The average molecular weight is 724 g/mol. The van der Waals surface area contributed by atoms with Crippen LogP contribution in [0.4, 0.5) is 21.0 Å². The third-order valence-corrected chi connectivity index (χ3v) is 8.70. The molecule has 52 heavy (non-hydrogen) atoms. The van der Waals surface area contributed by atoms with Gasteiger partial charge in [0.2, 0.25) is 0 Å². The molecule has 0 aliphatic carbocycles. The van der Waals surface area contributed by atoms with Gasteiger partial charge in [-0.3, -0.25) is 5.32 Å². The van der Waals surface area contributed by atoms with Crippen molar-refractivity contribution in [3.63, 3.8) is 0 Å². The number of hydrogen-bond donors (Lipinski definition) is 3. The van der Waals surface area contributed by atoms with Gasteiger partial charge in [0.25, 0.3) is 0 Å². The number of alkyl carbamates (subject to hydrolysis) is 1. The maximum Gasteiger partial charge on any atom is 0.411 e. The summed E-state index contributed by atoms with van der Waals surface area (Å²) in [7, 11) is 1.33. The summed E-state index contributed by atoms with van der Waals surface area (Å²) in [5.74, 6) is 0.966. The van der Waals surface area contributed by atoms with E-state index in [9.17, 15) is 9.59 Å². The molecular formula is C42H69N5O5. The molecule has 0 saturated heterocycles. The van der Waals surface area contributed by atoms with Crippen molar-refractivity contribution >= 4 is 23.6 Å². The van der Waals surface area contributed by atoms with Crippen LogP contribution in [0.2, 0.25) is 0 Å². The Kier molecular flexibility index (Phi) is 19.6. The molecule has 0 fully saturated rings. The van der Waals surface area contributed by atoms with Gasteiger partial charge in [0.1, 0.15) is 18.2 Å². The van der Waals surface area contributed by atoms with Crippen LogP contribution in [0.15, 0.2) is 49.7 Å². The molecule has 0 aliphatic rings. The first kappa shape index (κ1) is 44.4. The highest BCUT2D eigenvalue weighted by Gasteiger charge is 2.25. The molecule has 10 heteroatoms. The Hall–Kier alpha value is -3.79. The van der Waals surface area contributed by atoms with Crippen molar-refractivity contribution < 1.29 is 23.8 Å². The maximum absolute atomic E-state index is 12.9. The molecule has 0 spiro atoms. The molecule has 1 aromatic heterocycles. The van der Waals surface area contributed by atoms with E-state index in [1.165, 1.54) is 58.5 Å². The van der Waals surface area contributed by atoms with E-state index in [1.54, 1.807) is 6.08 Å². The Morgan fingerprint density at radius 3 is 2.19 bits per heavy atom. The molecule has 1 aromatic carbocycles. The summed E-state index contributed by atoms with van der Waals surface area (Å²) >= 11 is 0. The zero-order chi connectivity index (χ0) is 38.6. The van der Waals surface area contributed by atoms with Crippen LogP contribution in [0.3, 0.4) is 0 Å². The lowest BCUT2D eigenvalue weighted by atomic mass is 9.89. The van der Waals surface area contributed by atoms with E-state index in [2.05, 4.69) is 56.8 Å². The second kappa shape index (κ2) is 23.0. The summed E-state index contributed by atoms with van der Waals surface area (Å²) < 4.78 is 18.5. The monoisotopic (exact) mass is 724 g/mol. The number of carbonyl (C=O) groups excluding carboxylic acids is 2. The molecule has 2 aromatic rings. The summed E-state index contributed by atoms with van der Waals surface area (Å²) in [5.41, 5.74) is 2.71. The molecule has 2 rings (SSSR count). The number of unbranched alkanes of at least 4 members (excludes halogenated alkanes) is 8. The van der Waals surface area contributed by atoms with Crippen molar-refractivity contribution in [2.45, 2.75) is 144 Å². The minimum Gasteiger partial charge on any atom is -0.453 e. The topological polar surface area (TPSA) is 116 Å². The predicted octanol–water partition coefficient (Wildman–Crippen LogP) is 11.4. The second-order valence-electron chi connectivity index (χ2n) is 16.0. The van der Waals surface area contributed by atoms with Crippen molar-refractivity contribution in [1.82, 2.24) is 14.9 Å². The van der Waals surface area contributed by atoms with Gasteiger partial charge in [0.05, 0.1) is 18.8 Å². The number of amides is 2. The second-order valence-corrected chi connectivity index (χ2v) is 16.0. The molecule has 0 radical (unpaired) electrons. The van der Waals surface area contributed by atoms with Crippen molar-refractivity contribution in [3.8, 4) is 11.3 Å². The third-order valence-electron chi connectivity index (χ3n) is 8.70. The molecule has 0 aliphatic heterocycles. The summed E-state index contributed by atoms with van der Waals surface area (Å²) in [6.45, 7) is 24.0. The lowest BCUT2D eigenvalue weighted by Gasteiger charge is -2.23. The molecule has 1 unspecified atom stereocenters. The van der Waals surface area contributed by atoms with Gasteiger partial charge in [-0.2, -0.15) is 0 Å². The Bertz CT molecular complexity index is 1370. The molecule has 292 valence electrons. The Morgan fingerprint density at radius 2 is 1.60 bits per heavy atom. The van der Waals surface area contributed by atoms with Crippen LogP contribution in [0.5, 0.6) is 0 Å². The fourth-order valence-corrected chi connectivity index (χ4v) is 5.76. The van der Waals surface area contributed by atoms with Gasteiger partial charge in [-0.05, 0) is 76.0 Å². The van der Waals surface area contributed by atoms with Crippen molar-refractivity contribution in [1.29, 1.82) is 0 Å². The van der Waals surface area contributed by atoms with Crippen LogP contribution in [-0.2, 0) is 20.9 Å². The Labute approximate surface area is 314 Å². The Balaban J connectivity index is 2.19. The van der Waals surface area contributed by atoms with E-state index < -0.39 is 23.8 Å². The number of methoxy groups -OCH3 is 1. The molecule has 3 N–H and O–H groups in total. The molecule has 2 amide bonds. The van der Waals surface area contributed by atoms with Gasteiger partial charge < -0.3 is 29.4 Å². The van der Waals surface area contributed by atoms with E-state index in [-0.39, 0.29) is 6.73 Å². The van der Waals surface area contributed by atoms with E-state index >= 15 is 0 Å². The standard InChI is InChI=1S/C42H69N5O5/c1-11-22-35(46-40(49)52-42(7,8)9)38-45-37(34-24-23-33(44-39(48)50-10)29-36(34)43-27-25-32(3)12-2)30-47(38)31-51-28-21-19-17-15-13-14-16-18-20-26-41(4,5)6/h11-12,23-24,29-30,32,35,43H,1-2,13-22,25-28,31H2,3-10H3,(H,44,48)(H,46,49)/t32?,35-/m0/s1. The molecular weight excluding hydrogens is 654 g/mol. The highest BCUT2D eigenvalue weighted by molar-refractivity contribution is 5.88. The number of ether oxygens (including phenoxy) is 3. The van der Waals surface area contributed by atoms with Gasteiger partial charge in [0.15, 0.2) is 0 Å². The number of nitrogens with one attached hydrogen (secondary N) is 3. The maximum atomic E-state index is 12.9. The number of rotatable bonds is 24. The average Bonchev–Trinajstić information content (AvgIpc) is 3.49. The van der Waals surface area contributed by atoms with Gasteiger partial charge in [0, 0.05) is 36.3 Å². The number of hydrogen-bond acceptors (Lipinski definition) is 7. The van der Waals surface area contributed by atoms with Crippen molar-refractivity contribution in [3.05, 3.63) is 55.5 Å². The van der Waals surface area contributed by atoms with Gasteiger partial charge >= 0.3 is 12.2 Å². The smallest absolute Gasteiger partial charge is 0.411 e. The van der Waals surface area contributed by atoms with E-state index in [4.69, 9.17) is 19.2 Å². The predicted molar refractivity (Wildman–Crippen MR) is 215 cm³/mol. The first-order valence-electron chi connectivity index (χ1n) is 19.3. The zero-order valence-electron chi connectivity index (χ0n) is 33.6. The number of nitrogens with zero attached hydrogens (tertiary/aromatic N) is 2. The van der Waals surface area contributed by atoms with Gasteiger partial charge in [-0.25, -0.2) is 14.6 Å². The largest absolute Gasteiger partial charge is 0.453 e.